The van der Waals surface area contributed by atoms with Gasteiger partial charge in [-0.05, 0) is 30.3 Å². The molecule has 0 radical (unpaired) electrons. The number of nitrogens with one attached hydrogen (secondary N) is 2. The van der Waals surface area contributed by atoms with Crippen LogP contribution < -0.4 is 23.7 Å². The molecule has 4 heterocycles. The zero-order valence-corrected chi connectivity index (χ0v) is 16.3. The Labute approximate surface area is 170 Å². The Kier molecular flexibility index (Phi) is 3.04. The standard InChI is InChI=1S/C23H18N2O5/c1-26-23-19-13(11-2-4-15-21(17(11)24-19)29-8-6-27-15)10-14-12-3-5-16-22(30-9-7-28-16)18(12)25-20(14)23/h2-5,10,24-25H,6-9H2,1H3. The molecule has 7 nitrogen and oxygen atoms in total. The van der Waals surface area contributed by atoms with Gasteiger partial charge in [0.05, 0.1) is 29.2 Å². The highest BCUT2D eigenvalue weighted by Crippen LogP contribution is 2.47. The molecule has 0 saturated heterocycles. The first-order valence-electron chi connectivity index (χ1n) is 9.98. The molecule has 0 fully saturated rings. The predicted octanol–water partition coefficient (Wildman–Crippen LogP) is 4.51. The second kappa shape index (κ2) is 5.66. The van der Waals surface area contributed by atoms with E-state index >= 15 is 0 Å². The topological polar surface area (TPSA) is 77.7 Å². The van der Waals surface area contributed by atoms with Gasteiger partial charge in [0.2, 0.25) is 0 Å². The van der Waals surface area contributed by atoms with Gasteiger partial charge in [0.25, 0.3) is 0 Å². The van der Waals surface area contributed by atoms with Crippen LogP contribution in [0.1, 0.15) is 0 Å². The third-order valence-electron chi connectivity index (χ3n) is 5.98. The van der Waals surface area contributed by atoms with Crippen LogP contribution in [0.5, 0.6) is 28.7 Å². The molecule has 2 aliphatic heterocycles. The van der Waals surface area contributed by atoms with E-state index in [4.69, 9.17) is 23.7 Å². The molecule has 5 aromatic rings. The average molecular weight is 402 g/mol. The van der Waals surface area contributed by atoms with Crippen LogP contribution in [0, 0.1) is 0 Å². The Bertz CT molecular complexity index is 1390. The SMILES string of the molecule is COc1c2[nH]c3c4c(ccc3c2cc2c1[nH]c1c3c(ccc12)OCCO3)OCCO4. The van der Waals surface area contributed by atoms with E-state index in [1.165, 1.54) is 0 Å². The minimum Gasteiger partial charge on any atom is -0.492 e. The van der Waals surface area contributed by atoms with Crippen molar-refractivity contribution < 1.29 is 23.7 Å². The minimum absolute atomic E-state index is 0.539. The van der Waals surface area contributed by atoms with Gasteiger partial charge >= 0.3 is 0 Å². The fraction of sp³-hybridized carbons (Fsp3) is 0.217. The van der Waals surface area contributed by atoms with E-state index in [1.54, 1.807) is 7.11 Å². The number of benzene rings is 3. The van der Waals surface area contributed by atoms with Crippen molar-refractivity contribution in [3.8, 4) is 28.7 Å². The fourth-order valence-electron chi connectivity index (χ4n) is 4.71. The van der Waals surface area contributed by atoms with E-state index in [0.717, 1.165) is 72.4 Å². The lowest BCUT2D eigenvalue weighted by Crippen LogP contribution is -2.15. The highest BCUT2D eigenvalue weighted by atomic mass is 16.6. The number of hydrogen-bond acceptors (Lipinski definition) is 5. The highest BCUT2D eigenvalue weighted by Gasteiger charge is 2.24. The highest BCUT2D eigenvalue weighted by molar-refractivity contribution is 6.22. The van der Waals surface area contributed by atoms with Gasteiger partial charge in [-0.1, -0.05) is 0 Å². The summed E-state index contributed by atoms with van der Waals surface area (Å²) < 4.78 is 29.2. The molecule has 0 bridgehead atoms. The second-order valence-corrected chi connectivity index (χ2v) is 7.53. The molecule has 0 spiro atoms. The number of fused-ring (bicyclic) bond motifs is 10. The smallest absolute Gasteiger partial charge is 0.185 e. The second-order valence-electron chi connectivity index (χ2n) is 7.53. The Balaban J connectivity index is 1.61. The number of ether oxygens (including phenoxy) is 5. The van der Waals surface area contributed by atoms with Crippen LogP contribution >= 0.6 is 0 Å². The first-order chi connectivity index (χ1) is 14.8. The Morgan fingerprint density at radius 2 is 1.13 bits per heavy atom. The number of methoxy groups -OCH3 is 1. The van der Waals surface area contributed by atoms with Crippen LogP contribution in [0.3, 0.4) is 0 Å². The van der Waals surface area contributed by atoms with Gasteiger partial charge in [-0.25, -0.2) is 0 Å². The normalized spacial score (nSPS) is 15.4. The largest absolute Gasteiger partial charge is 0.492 e. The van der Waals surface area contributed by atoms with Gasteiger partial charge in [-0.2, -0.15) is 0 Å². The summed E-state index contributed by atoms with van der Waals surface area (Å²) in [5.74, 6) is 3.79. The summed E-state index contributed by atoms with van der Waals surface area (Å²) in [5.41, 5.74) is 3.68. The first-order valence-corrected chi connectivity index (χ1v) is 9.98. The quantitative estimate of drug-likeness (QED) is 0.432. The van der Waals surface area contributed by atoms with Gasteiger partial charge in [0, 0.05) is 21.5 Å². The third kappa shape index (κ3) is 1.94. The van der Waals surface area contributed by atoms with Crippen molar-refractivity contribution in [2.24, 2.45) is 0 Å². The lowest BCUT2D eigenvalue weighted by molar-refractivity contribution is 0.173. The van der Waals surface area contributed by atoms with Crippen LogP contribution in [0.15, 0.2) is 30.3 Å². The molecule has 0 amide bonds. The Morgan fingerprint density at radius 1 is 0.633 bits per heavy atom. The molecule has 150 valence electrons. The van der Waals surface area contributed by atoms with Crippen molar-refractivity contribution >= 4 is 43.6 Å². The summed E-state index contributed by atoms with van der Waals surface area (Å²) in [5, 5.41) is 4.28. The van der Waals surface area contributed by atoms with E-state index in [-0.39, 0.29) is 0 Å². The van der Waals surface area contributed by atoms with Crippen LogP contribution in [-0.2, 0) is 0 Å². The van der Waals surface area contributed by atoms with Gasteiger partial charge in [-0.15, -0.1) is 0 Å². The Morgan fingerprint density at radius 3 is 1.63 bits per heavy atom. The van der Waals surface area contributed by atoms with Crippen molar-refractivity contribution in [1.82, 2.24) is 9.97 Å². The summed E-state index contributed by atoms with van der Waals surface area (Å²) in [6.07, 6.45) is 0. The molecule has 2 N–H and O–H groups in total. The fourth-order valence-corrected chi connectivity index (χ4v) is 4.71. The monoisotopic (exact) mass is 402 g/mol. The van der Waals surface area contributed by atoms with Gasteiger partial charge in [0.15, 0.2) is 28.7 Å². The van der Waals surface area contributed by atoms with Crippen molar-refractivity contribution in [3.63, 3.8) is 0 Å². The molecule has 0 saturated carbocycles. The molecule has 7 rings (SSSR count). The van der Waals surface area contributed by atoms with Crippen LogP contribution in [-0.4, -0.2) is 43.5 Å². The van der Waals surface area contributed by atoms with E-state index in [9.17, 15) is 0 Å². The number of aromatic amines is 2. The molecule has 2 aromatic heterocycles. The molecular weight excluding hydrogens is 384 g/mol. The third-order valence-corrected chi connectivity index (χ3v) is 5.98. The zero-order valence-electron chi connectivity index (χ0n) is 16.3. The molecule has 2 aliphatic rings. The molecule has 0 aliphatic carbocycles. The summed E-state index contributed by atoms with van der Waals surface area (Å²) in [6.45, 7) is 2.20. The summed E-state index contributed by atoms with van der Waals surface area (Å²) in [4.78, 5) is 7.04. The van der Waals surface area contributed by atoms with Crippen molar-refractivity contribution in [3.05, 3.63) is 30.3 Å². The number of H-pyrrole nitrogens is 2. The summed E-state index contributed by atoms with van der Waals surface area (Å²) >= 11 is 0. The van der Waals surface area contributed by atoms with E-state index < -0.39 is 0 Å². The van der Waals surface area contributed by atoms with E-state index in [0.29, 0.717) is 26.4 Å². The van der Waals surface area contributed by atoms with E-state index in [1.807, 2.05) is 12.1 Å². The number of rotatable bonds is 1. The maximum absolute atomic E-state index is 5.92. The summed E-state index contributed by atoms with van der Waals surface area (Å²) in [6, 6.07) is 10.3. The van der Waals surface area contributed by atoms with Crippen molar-refractivity contribution in [1.29, 1.82) is 0 Å². The van der Waals surface area contributed by atoms with Crippen molar-refractivity contribution in [2.75, 3.05) is 33.5 Å². The molecule has 3 aromatic carbocycles. The van der Waals surface area contributed by atoms with Crippen LogP contribution in [0.25, 0.3) is 43.6 Å². The molecule has 0 unspecified atom stereocenters. The first kappa shape index (κ1) is 16.1. The van der Waals surface area contributed by atoms with Crippen LogP contribution in [0.4, 0.5) is 0 Å². The Hall–Kier alpha value is -3.74. The summed E-state index contributed by atoms with van der Waals surface area (Å²) in [7, 11) is 1.69. The minimum atomic E-state index is 0.539. The molecule has 30 heavy (non-hydrogen) atoms. The zero-order chi connectivity index (χ0) is 19.8. The predicted molar refractivity (Wildman–Crippen MR) is 114 cm³/mol. The van der Waals surface area contributed by atoms with Gasteiger partial charge in [-0.3, -0.25) is 0 Å². The maximum atomic E-state index is 5.92. The number of aromatic nitrogens is 2. The van der Waals surface area contributed by atoms with Crippen molar-refractivity contribution in [2.45, 2.75) is 0 Å². The molecular formula is C23H18N2O5. The average Bonchev–Trinajstić information content (AvgIpc) is 3.36. The molecule has 7 heteroatoms. The van der Waals surface area contributed by atoms with Gasteiger partial charge in [0.1, 0.15) is 26.4 Å². The maximum Gasteiger partial charge on any atom is 0.185 e. The molecule has 0 atom stereocenters. The number of hydrogen-bond donors (Lipinski definition) is 2. The van der Waals surface area contributed by atoms with Gasteiger partial charge < -0.3 is 33.7 Å². The van der Waals surface area contributed by atoms with E-state index in [2.05, 4.69) is 28.2 Å². The lowest BCUT2D eigenvalue weighted by Gasteiger charge is -2.18. The van der Waals surface area contributed by atoms with Crippen LogP contribution in [0.2, 0.25) is 0 Å². The lowest BCUT2D eigenvalue weighted by atomic mass is 10.1.